The van der Waals surface area contributed by atoms with Gasteiger partial charge in [-0.25, -0.2) is 0 Å². The predicted octanol–water partition coefficient (Wildman–Crippen LogP) is 2.23. The second-order valence-corrected chi connectivity index (χ2v) is 5.28. The van der Waals surface area contributed by atoms with Gasteiger partial charge in [0.25, 0.3) is 5.91 Å². The number of benzene rings is 1. The lowest BCUT2D eigenvalue weighted by Crippen LogP contribution is -2.38. The van der Waals surface area contributed by atoms with Crippen molar-refractivity contribution in [1.82, 2.24) is 4.90 Å². The van der Waals surface area contributed by atoms with Crippen molar-refractivity contribution in [3.05, 3.63) is 29.3 Å². The average Bonchev–Trinajstić information content (AvgIpc) is 2.95. The van der Waals surface area contributed by atoms with Crippen LogP contribution in [-0.4, -0.2) is 51.0 Å². The van der Waals surface area contributed by atoms with Crippen molar-refractivity contribution in [1.29, 1.82) is 0 Å². The Morgan fingerprint density at radius 2 is 2.19 bits per heavy atom. The minimum Gasteiger partial charge on any atom is -0.496 e. The molecule has 0 N–H and O–H groups in total. The first-order valence-electron chi connectivity index (χ1n) is 7.19. The Morgan fingerprint density at radius 3 is 2.90 bits per heavy atom. The molecule has 1 aliphatic heterocycles. The zero-order valence-electron chi connectivity index (χ0n) is 12.9. The molecule has 5 heteroatoms. The maximum Gasteiger partial charge on any atom is 0.257 e. The molecule has 0 radical (unpaired) electrons. The number of aryl methyl sites for hydroxylation is 1. The number of carbonyl (C=O) groups excluding carboxylic acids is 1. The summed E-state index contributed by atoms with van der Waals surface area (Å²) in [6, 6.07) is 5.78. The first-order valence-corrected chi connectivity index (χ1v) is 7.19. The molecule has 0 saturated carbocycles. The first-order chi connectivity index (χ1) is 10.2. The average molecular weight is 293 g/mol. The molecule has 21 heavy (non-hydrogen) atoms. The van der Waals surface area contributed by atoms with Crippen molar-refractivity contribution in [3.8, 4) is 5.75 Å². The predicted molar refractivity (Wildman–Crippen MR) is 79.6 cm³/mol. The van der Waals surface area contributed by atoms with Gasteiger partial charge in [0.05, 0.1) is 25.3 Å². The molecule has 1 atom stereocenters. The largest absolute Gasteiger partial charge is 0.496 e. The smallest absolute Gasteiger partial charge is 0.257 e. The molecule has 1 aliphatic rings. The van der Waals surface area contributed by atoms with E-state index < -0.39 is 0 Å². The lowest BCUT2D eigenvalue weighted by atomic mass is 10.1. The zero-order valence-corrected chi connectivity index (χ0v) is 12.9. The fourth-order valence-corrected chi connectivity index (χ4v) is 2.69. The minimum absolute atomic E-state index is 0.0130. The van der Waals surface area contributed by atoms with Crippen LogP contribution in [0, 0.1) is 6.92 Å². The van der Waals surface area contributed by atoms with Gasteiger partial charge in [-0.2, -0.15) is 0 Å². The second kappa shape index (κ2) is 7.43. The summed E-state index contributed by atoms with van der Waals surface area (Å²) < 4.78 is 15.6. The van der Waals surface area contributed by atoms with E-state index in [1.165, 1.54) is 0 Å². The molecule has 0 spiro atoms. The Kier molecular flexibility index (Phi) is 5.59. The molecule has 1 heterocycles. The fourth-order valence-electron chi connectivity index (χ4n) is 2.69. The van der Waals surface area contributed by atoms with Crippen molar-refractivity contribution in [2.45, 2.75) is 25.8 Å². The maximum atomic E-state index is 12.8. The number of nitrogens with zero attached hydrogens (tertiary/aromatic N) is 1. The Labute approximate surface area is 125 Å². The van der Waals surface area contributed by atoms with Crippen molar-refractivity contribution in [3.63, 3.8) is 0 Å². The molecule has 1 amide bonds. The van der Waals surface area contributed by atoms with Crippen LogP contribution in [0.25, 0.3) is 0 Å². The molecular weight excluding hydrogens is 270 g/mol. The molecule has 1 aromatic rings. The number of methoxy groups -OCH3 is 2. The third kappa shape index (κ3) is 3.74. The van der Waals surface area contributed by atoms with Crippen LogP contribution >= 0.6 is 0 Å². The Bertz CT molecular complexity index is 489. The topological polar surface area (TPSA) is 48.0 Å². The highest BCUT2D eigenvalue weighted by molar-refractivity contribution is 5.97. The molecule has 1 aromatic carbocycles. The summed E-state index contributed by atoms with van der Waals surface area (Å²) in [6.07, 6.45) is 1.96. The lowest BCUT2D eigenvalue weighted by Gasteiger charge is -2.25. The van der Waals surface area contributed by atoms with E-state index in [4.69, 9.17) is 14.2 Å². The third-order valence-electron chi connectivity index (χ3n) is 3.73. The number of carbonyl (C=O) groups is 1. The molecule has 0 aromatic heterocycles. The summed E-state index contributed by atoms with van der Waals surface area (Å²) >= 11 is 0. The van der Waals surface area contributed by atoms with Gasteiger partial charge in [-0.05, 0) is 31.9 Å². The lowest BCUT2D eigenvalue weighted by molar-refractivity contribution is -0.0448. The van der Waals surface area contributed by atoms with Crippen molar-refractivity contribution in [2.75, 3.05) is 34.2 Å². The molecule has 1 fully saturated rings. The second-order valence-electron chi connectivity index (χ2n) is 5.28. The van der Waals surface area contributed by atoms with Crippen LogP contribution in [0.5, 0.6) is 5.75 Å². The molecule has 1 saturated heterocycles. The minimum atomic E-state index is 0.0130. The third-order valence-corrected chi connectivity index (χ3v) is 3.73. The Hall–Kier alpha value is -1.59. The molecule has 2 rings (SSSR count). The monoisotopic (exact) mass is 293 g/mol. The molecule has 0 unspecified atom stereocenters. The maximum absolute atomic E-state index is 12.8. The van der Waals surface area contributed by atoms with E-state index in [1.54, 1.807) is 14.2 Å². The van der Waals surface area contributed by atoms with Crippen LogP contribution < -0.4 is 4.74 Å². The van der Waals surface area contributed by atoms with Crippen LogP contribution in [0.3, 0.4) is 0 Å². The van der Waals surface area contributed by atoms with Gasteiger partial charge >= 0.3 is 0 Å². The molecular formula is C16H23NO4. The van der Waals surface area contributed by atoms with E-state index in [2.05, 4.69) is 0 Å². The molecule has 0 bridgehead atoms. The standard InChI is InChI=1S/C16H23NO4/c1-12-6-7-15(20-3)14(9-12)16(18)17-8-4-5-13(17)10-21-11-19-2/h6-7,9,13H,4-5,8,10-11H2,1-3H3/t13-/m0/s1. The SMILES string of the molecule is COCOC[C@@H]1CCCN1C(=O)c1cc(C)ccc1OC. The Balaban J connectivity index is 2.13. The van der Waals surface area contributed by atoms with Gasteiger partial charge in [0.15, 0.2) is 0 Å². The summed E-state index contributed by atoms with van der Waals surface area (Å²) in [4.78, 5) is 14.7. The van der Waals surface area contributed by atoms with Gasteiger partial charge in [-0.3, -0.25) is 4.79 Å². The Morgan fingerprint density at radius 1 is 1.38 bits per heavy atom. The number of rotatable bonds is 6. The van der Waals surface area contributed by atoms with Gasteiger partial charge in [-0.15, -0.1) is 0 Å². The van der Waals surface area contributed by atoms with E-state index >= 15 is 0 Å². The van der Waals surface area contributed by atoms with Gasteiger partial charge in [0.2, 0.25) is 0 Å². The van der Waals surface area contributed by atoms with Gasteiger partial charge in [0.1, 0.15) is 12.5 Å². The number of hydrogen-bond acceptors (Lipinski definition) is 4. The van der Waals surface area contributed by atoms with Crippen LogP contribution in [0.1, 0.15) is 28.8 Å². The quantitative estimate of drug-likeness (QED) is 0.596. The number of likely N-dealkylation sites (tertiary alicyclic amines) is 1. The van der Waals surface area contributed by atoms with E-state index in [-0.39, 0.29) is 18.7 Å². The molecule has 5 nitrogen and oxygen atoms in total. The van der Waals surface area contributed by atoms with Crippen molar-refractivity contribution >= 4 is 5.91 Å². The summed E-state index contributed by atoms with van der Waals surface area (Å²) in [6.45, 7) is 3.50. The summed E-state index contributed by atoms with van der Waals surface area (Å²) in [5.41, 5.74) is 1.67. The summed E-state index contributed by atoms with van der Waals surface area (Å²) in [7, 11) is 3.18. The molecule has 116 valence electrons. The van der Waals surface area contributed by atoms with Crippen LogP contribution in [-0.2, 0) is 9.47 Å². The van der Waals surface area contributed by atoms with Gasteiger partial charge in [0, 0.05) is 13.7 Å². The van der Waals surface area contributed by atoms with Gasteiger partial charge < -0.3 is 19.1 Å². The fraction of sp³-hybridized carbons (Fsp3) is 0.562. The van der Waals surface area contributed by atoms with E-state index in [9.17, 15) is 4.79 Å². The van der Waals surface area contributed by atoms with Crippen molar-refractivity contribution in [2.24, 2.45) is 0 Å². The first kappa shape index (κ1) is 15.8. The normalized spacial score (nSPS) is 18.0. The highest BCUT2D eigenvalue weighted by Gasteiger charge is 2.30. The number of hydrogen-bond donors (Lipinski definition) is 0. The van der Waals surface area contributed by atoms with E-state index in [0.717, 1.165) is 24.9 Å². The number of ether oxygens (including phenoxy) is 3. The summed E-state index contributed by atoms with van der Waals surface area (Å²) in [5.74, 6) is 0.633. The number of amides is 1. The van der Waals surface area contributed by atoms with Crippen LogP contribution in [0.2, 0.25) is 0 Å². The van der Waals surface area contributed by atoms with E-state index in [0.29, 0.717) is 17.9 Å². The summed E-state index contributed by atoms with van der Waals surface area (Å²) in [5, 5.41) is 0. The van der Waals surface area contributed by atoms with Crippen LogP contribution in [0.15, 0.2) is 18.2 Å². The van der Waals surface area contributed by atoms with E-state index in [1.807, 2.05) is 30.0 Å². The van der Waals surface area contributed by atoms with Gasteiger partial charge in [-0.1, -0.05) is 11.6 Å². The van der Waals surface area contributed by atoms with Crippen molar-refractivity contribution < 1.29 is 19.0 Å². The molecule has 0 aliphatic carbocycles. The zero-order chi connectivity index (χ0) is 15.2. The highest BCUT2D eigenvalue weighted by Crippen LogP contribution is 2.26. The van der Waals surface area contributed by atoms with Crippen LogP contribution in [0.4, 0.5) is 0 Å². The highest BCUT2D eigenvalue weighted by atomic mass is 16.7.